The lowest BCUT2D eigenvalue weighted by atomic mass is 9.96. The third-order valence-corrected chi connectivity index (χ3v) is 4.69. The van der Waals surface area contributed by atoms with E-state index < -0.39 is 10.8 Å². The number of non-ortho nitro benzene ring substituents is 1. The Morgan fingerprint density at radius 2 is 2.13 bits per heavy atom. The molecule has 0 saturated carbocycles. The van der Waals surface area contributed by atoms with Crippen LogP contribution in [0.15, 0.2) is 46.1 Å². The van der Waals surface area contributed by atoms with Gasteiger partial charge in [-0.2, -0.15) is 9.78 Å². The zero-order chi connectivity index (χ0) is 21.8. The number of hydrazone groups is 1. The molecule has 1 atom stereocenters. The third kappa shape index (κ3) is 4.14. The summed E-state index contributed by atoms with van der Waals surface area (Å²) in [5.41, 5.74) is 8.65. The fourth-order valence-electron chi connectivity index (χ4n) is 3.13. The second-order valence-corrected chi connectivity index (χ2v) is 6.74. The molecule has 1 aliphatic carbocycles. The van der Waals surface area contributed by atoms with Gasteiger partial charge in [0.2, 0.25) is 11.6 Å². The number of nitrogens with zero attached hydrogens (tertiary/aromatic N) is 7. The van der Waals surface area contributed by atoms with E-state index in [9.17, 15) is 14.9 Å². The minimum Gasteiger partial charge on any atom is -0.378 e. The Labute approximate surface area is 174 Å². The van der Waals surface area contributed by atoms with E-state index in [0.717, 1.165) is 19.3 Å². The molecule has 3 aromatic rings. The van der Waals surface area contributed by atoms with E-state index in [1.807, 2.05) is 0 Å². The topological polar surface area (TPSA) is 180 Å². The summed E-state index contributed by atoms with van der Waals surface area (Å²) in [5.74, 6) is -0.408. The van der Waals surface area contributed by atoms with Gasteiger partial charge in [-0.25, -0.2) is 10.1 Å². The van der Waals surface area contributed by atoms with Crippen molar-refractivity contribution in [3.63, 3.8) is 0 Å². The summed E-state index contributed by atoms with van der Waals surface area (Å²) in [6.45, 7) is 0. The summed E-state index contributed by atoms with van der Waals surface area (Å²) in [4.78, 5) is 23.2. The Bertz CT molecular complexity index is 1160. The van der Waals surface area contributed by atoms with Crippen LogP contribution in [0.4, 0.5) is 11.5 Å². The first kappa shape index (κ1) is 19.9. The van der Waals surface area contributed by atoms with E-state index in [2.05, 4.69) is 47.9 Å². The van der Waals surface area contributed by atoms with Crippen LogP contribution in [0.5, 0.6) is 0 Å². The van der Waals surface area contributed by atoms with Gasteiger partial charge in [-0.15, -0.1) is 5.10 Å². The van der Waals surface area contributed by atoms with E-state index in [0.29, 0.717) is 5.56 Å². The zero-order valence-corrected chi connectivity index (χ0v) is 16.1. The first-order chi connectivity index (χ1) is 15.0. The predicted octanol–water partition coefficient (Wildman–Crippen LogP) is 1.88. The zero-order valence-electron chi connectivity index (χ0n) is 16.1. The van der Waals surface area contributed by atoms with Crippen molar-refractivity contribution in [1.29, 1.82) is 0 Å². The molecule has 2 aromatic heterocycles. The third-order valence-electron chi connectivity index (χ3n) is 4.69. The monoisotopic (exact) mass is 423 g/mol. The molecule has 0 aliphatic heterocycles. The second kappa shape index (κ2) is 8.52. The number of amides is 1. The molecular weight excluding hydrogens is 406 g/mol. The van der Waals surface area contributed by atoms with E-state index in [-0.39, 0.29) is 34.6 Å². The van der Waals surface area contributed by atoms with Crippen LogP contribution in [0.25, 0.3) is 17.1 Å². The number of nitro groups is 1. The van der Waals surface area contributed by atoms with Gasteiger partial charge >= 0.3 is 0 Å². The van der Waals surface area contributed by atoms with Crippen molar-refractivity contribution in [2.45, 2.75) is 19.3 Å². The highest BCUT2D eigenvalue weighted by atomic mass is 16.6. The van der Waals surface area contributed by atoms with Crippen LogP contribution in [-0.2, 0) is 0 Å². The largest absolute Gasteiger partial charge is 0.378 e. The number of nitrogens with two attached hydrogens (primary N) is 1. The van der Waals surface area contributed by atoms with Crippen molar-refractivity contribution in [1.82, 2.24) is 30.7 Å². The normalized spacial score (nSPS) is 15.9. The van der Waals surface area contributed by atoms with Gasteiger partial charge in [-0.1, -0.05) is 17.4 Å². The summed E-state index contributed by atoms with van der Waals surface area (Å²) in [5, 5.41) is 30.1. The van der Waals surface area contributed by atoms with E-state index in [1.54, 1.807) is 6.21 Å². The molecule has 0 fully saturated rings. The fourth-order valence-corrected chi connectivity index (χ4v) is 3.13. The number of aromatic nitrogens is 5. The lowest BCUT2D eigenvalue weighted by Crippen LogP contribution is -2.20. The molecule has 4 rings (SSSR count). The smallest absolute Gasteiger partial charge is 0.294 e. The number of rotatable bonds is 6. The Morgan fingerprint density at radius 3 is 2.77 bits per heavy atom. The lowest BCUT2D eigenvalue weighted by molar-refractivity contribution is -0.384. The molecule has 31 heavy (non-hydrogen) atoms. The van der Waals surface area contributed by atoms with Crippen molar-refractivity contribution < 1.29 is 14.3 Å². The van der Waals surface area contributed by atoms with Crippen molar-refractivity contribution in [2.75, 3.05) is 5.73 Å². The van der Waals surface area contributed by atoms with E-state index >= 15 is 0 Å². The molecule has 13 nitrogen and oxygen atoms in total. The molecule has 13 heteroatoms. The minimum absolute atomic E-state index is 0.0254. The van der Waals surface area contributed by atoms with Crippen LogP contribution in [-0.4, -0.2) is 42.4 Å². The van der Waals surface area contributed by atoms with Crippen LogP contribution in [0.3, 0.4) is 0 Å². The van der Waals surface area contributed by atoms with Gasteiger partial charge in [0.1, 0.15) is 5.69 Å². The average molecular weight is 423 g/mol. The quantitative estimate of drug-likeness (QED) is 0.259. The van der Waals surface area contributed by atoms with Crippen molar-refractivity contribution in [3.8, 4) is 17.1 Å². The molecule has 2 heterocycles. The summed E-state index contributed by atoms with van der Waals surface area (Å²) < 4.78 is 5.79. The van der Waals surface area contributed by atoms with E-state index in [1.165, 1.54) is 28.9 Å². The highest BCUT2D eigenvalue weighted by molar-refractivity contribution is 5.98. The molecule has 3 N–H and O–H groups in total. The summed E-state index contributed by atoms with van der Waals surface area (Å²) >= 11 is 0. The van der Waals surface area contributed by atoms with Gasteiger partial charge in [0.15, 0.2) is 5.69 Å². The molecule has 1 unspecified atom stereocenters. The number of nitro benzene ring substituents is 1. The van der Waals surface area contributed by atoms with Gasteiger partial charge < -0.3 is 5.73 Å². The minimum atomic E-state index is -0.614. The summed E-state index contributed by atoms with van der Waals surface area (Å²) in [6.07, 6.45) is 8.67. The van der Waals surface area contributed by atoms with Gasteiger partial charge in [-0.05, 0) is 47.6 Å². The number of hydrogen-bond donors (Lipinski definition) is 2. The average Bonchev–Trinajstić information content (AvgIpc) is 3.40. The fraction of sp³-hybridized carbons (Fsp3) is 0.222. The molecule has 1 aliphatic rings. The molecule has 0 bridgehead atoms. The van der Waals surface area contributed by atoms with Crippen LogP contribution in [0.1, 0.15) is 29.8 Å². The summed E-state index contributed by atoms with van der Waals surface area (Å²) in [7, 11) is 0. The first-order valence-electron chi connectivity index (χ1n) is 9.32. The highest BCUT2D eigenvalue weighted by Crippen LogP contribution is 2.28. The van der Waals surface area contributed by atoms with Gasteiger partial charge in [0, 0.05) is 23.9 Å². The second-order valence-electron chi connectivity index (χ2n) is 6.74. The van der Waals surface area contributed by atoms with Crippen molar-refractivity contribution in [3.05, 3.63) is 52.2 Å². The molecule has 0 saturated heterocycles. The number of carbonyl (C=O) groups excluding carboxylic acids is 1. The Kier molecular flexibility index (Phi) is 5.47. The number of nitrogens with one attached hydrogen (secondary N) is 1. The van der Waals surface area contributed by atoms with E-state index in [4.69, 9.17) is 5.73 Å². The lowest BCUT2D eigenvalue weighted by Gasteiger charge is -2.11. The number of hydrogen-bond acceptors (Lipinski definition) is 10. The Balaban J connectivity index is 1.67. The number of carbonyl (C=O) groups is 1. The maximum Gasteiger partial charge on any atom is 0.294 e. The van der Waals surface area contributed by atoms with Crippen LogP contribution < -0.4 is 11.2 Å². The summed E-state index contributed by atoms with van der Waals surface area (Å²) in [6, 6.07) is 5.53. The molecule has 1 amide bonds. The van der Waals surface area contributed by atoms with Gasteiger partial charge in [0.25, 0.3) is 11.6 Å². The van der Waals surface area contributed by atoms with Crippen LogP contribution in [0.2, 0.25) is 0 Å². The maximum absolute atomic E-state index is 12.8. The van der Waals surface area contributed by atoms with Crippen LogP contribution >= 0.6 is 0 Å². The highest BCUT2D eigenvalue weighted by Gasteiger charge is 2.25. The number of benzene rings is 1. The molecule has 158 valence electrons. The Hall–Kier alpha value is -4.42. The number of anilines is 1. The van der Waals surface area contributed by atoms with Crippen molar-refractivity contribution in [2.24, 2.45) is 11.0 Å². The number of nitrogen functional groups attached to an aromatic ring is 1. The molecule has 0 radical (unpaired) electrons. The Morgan fingerprint density at radius 1 is 1.32 bits per heavy atom. The molecule has 0 spiro atoms. The molecular formula is C18H17N9O4. The van der Waals surface area contributed by atoms with Gasteiger partial charge in [-0.3, -0.25) is 14.9 Å². The first-order valence-corrected chi connectivity index (χ1v) is 9.32. The number of allylic oxidation sites excluding steroid dienone is 2. The molecule has 1 aromatic carbocycles. The maximum atomic E-state index is 12.8. The SMILES string of the molecule is Nc1nonc1-n1nnc(C(=O)N/N=C/C2CC=CCC2)c1-c1ccc([N+](=O)[O-])cc1. The standard InChI is InChI=1S/C18H17N9O4/c19-16-17(24-31-23-16)26-15(12-6-8-13(9-7-12)27(29)30)14(21-25-26)18(28)22-20-10-11-4-2-1-3-5-11/h1-2,6-11H,3-5H2,(H2,19,23)(H,22,28)/b20-10+. The van der Waals surface area contributed by atoms with Crippen LogP contribution in [0, 0.1) is 16.0 Å². The predicted molar refractivity (Wildman–Crippen MR) is 108 cm³/mol. The van der Waals surface area contributed by atoms with Gasteiger partial charge in [0.05, 0.1) is 4.92 Å². The van der Waals surface area contributed by atoms with Crippen molar-refractivity contribution >= 4 is 23.6 Å².